The summed E-state index contributed by atoms with van der Waals surface area (Å²) in [5, 5.41) is 0. The van der Waals surface area contributed by atoms with Gasteiger partial charge in [0.05, 0.1) is 5.69 Å². The first-order valence-electron chi connectivity index (χ1n) is 5.74. The van der Waals surface area contributed by atoms with Gasteiger partial charge in [-0.05, 0) is 43.9 Å². The van der Waals surface area contributed by atoms with E-state index in [2.05, 4.69) is 33.1 Å². The molecule has 1 fully saturated rings. The zero-order valence-corrected chi connectivity index (χ0v) is 10.9. The van der Waals surface area contributed by atoms with E-state index in [-0.39, 0.29) is 5.60 Å². The number of fused-ring (bicyclic) bond motifs is 2. The van der Waals surface area contributed by atoms with Crippen molar-refractivity contribution in [2.75, 3.05) is 0 Å². The van der Waals surface area contributed by atoms with Crippen LogP contribution >= 0.6 is 15.9 Å². The van der Waals surface area contributed by atoms with Gasteiger partial charge in [-0.3, -0.25) is 0 Å². The summed E-state index contributed by atoms with van der Waals surface area (Å²) in [6, 6.07) is 6.28. The summed E-state index contributed by atoms with van der Waals surface area (Å²) in [7, 11) is 0. The number of nitrogens with zero attached hydrogens (tertiary/aromatic N) is 1. The molecular formula is C13H14BrNO. The molecule has 2 aliphatic rings. The Morgan fingerprint density at radius 3 is 2.81 bits per heavy atom. The molecule has 0 amide bonds. The lowest BCUT2D eigenvalue weighted by Gasteiger charge is -2.34. The van der Waals surface area contributed by atoms with Gasteiger partial charge in [0.2, 0.25) is 0 Å². The molecule has 1 aliphatic carbocycles. The largest absolute Gasteiger partial charge is 0.470 e. The molecule has 1 aliphatic heterocycles. The van der Waals surface area contributed by atoms with Crippen LogP contribution in [0, 0.1) is 0 Å². The van der Waals surface area contributed by atoms with Gasteiger partial charge >= 0.3 is 0 Å². The van der Waals surface area contributed by atoms with Crippen molar-refractivity contribution in [1.29, 1.82) is 0 Å². The summed E-state index contributed by atoms with van der Waals surface area (Å²) in [6.45, 7) is 1.95. The number of rotatable bonds is 0. The Kier molecular flexibility index (Phi) is 2.32. The van der Waals surface area contributed by atoms with Crippen LogP contribution in [0.5, 0.6) is 0 Å². The first-order valence-corrected chi connectivity index (χ1v) is 6.53. The van der Waals surface area contributed by atoms with Crippen molar-refractivity contribution in [3.05, 3.63) is 28.2 Å². The molecule has 1 spiro atoms. The summed E-state index contributed by atoms with van der Waals surface area (Å²) in [5.41, 5.74) is 2.24. The molecule has 0 saturated heterocycles. The van der Waals surface area contributed by atoms with Crippen LogP contribution in [0.4, 0.5) is 5.69 Å². The Balaban J connectivity index is 2.18. The maximum absolute atomic E-state index is 6.05. The molecule has 3 heteroatoms. The number of aliphatic imine (C=N–C) groups is 1. The number of hydrogen-bond donors (Lipinski definition) is 0. The van der Waals surface area contributed by atoms with Gasteiger partial charge in [0, 0.05) is 17.0 Å². The second kappa shape index (κ2) is 3.59. The van der Waals surface area contributed by atoms with Gasteiger partial charge in [-0.25, -0.2) is 4.99 Å². The van der Waals surface area contributed by atoms with E-state index in [1.807, 2.05) is 13.0 Å². The number of hydrogen-bond acceptors (Lipinski definition) is 2. The van der Waals surface area contributed by atoms with Crippen LogP contribution in [-0.4, -0.2) is 5.90 Å². The molecular weight excluding hydrogens is 266 g/mol. The molecule has 0 atom stereocenters. The van der Waals surface area contributed by atoms with Crippen LogP contribution in [0.3, 0.4) is 0 Å². The Morgan fingerprint density at radius 2 is 2.06 bits per heavy atom. The van der Waals surface area contributed by atoms with Gasteiger partial charge < -0.3 is 4.74 Å². The topological polar surface area (TPSA) is 21.6 Å². The average molecular weight is 280 g/mol. The van der Waals surface area contributed by atoms with Crippen LogP contribution in [0.1, 0.15) is 38.2 Å². The molecule has 1 aromatic rings. The minimum absolute atomic E-state index is 0.0923. The highest BCUT2D eigenvalue weighted by atomic mass is 79.9. The van der Waals surface area contributed by atoms with Gasteiger partial charge in [0.15, 0.2) is 5.90 Å². The van der Waals surface area contributed by atoms with Crippen LogP contribution < -0.4 is 0 Å². The van der Waals surface area contributed by atoms with E-state index in [0.29, 0.717) is 0 Å². The molecule has 1 saturated carbocycles. The number of benzene rings is 1. The minimum atomic E-state index is -0.0923. The van der Waals surface area contributed by atoms with Crippen LogP contribution in [0.25, 0.3) is 0 Å². The highest BCUT2D eigenvalue weighted by Crippen LogP contribution is 2.48. The van der Waals surface area contributed by atoms with Crippen molar-refractivity contribution < 1.29 is 4.74 Å². The van der Waals surface area contributed by atoms with E-state index >= 15 is 0 Å². The summed E-state index contributed by atoms with van der Waals surface area (Å²) in [5.74, 6) is 0.803. The number of halogens is 1. The van der Waals surface area contributed by atoms with Crippen molar-refractivity contribution in [3.8, 4) is 0 Å². The third kappa shape index (κ3) is 1.49. The van der Waals surface area contributed by atoms with Crippen LogP contribution in [0.2, 0.25) is 0 Å². The average Bonchev–Trinajstić information content (AvgIpc) is 2.69. The second-order valence-corrected chi connectivity index (χ2v) is 5.51. The van der Waals surface area contributed by atoms with Gasteiger partial charge in [-0.15, -0.1) is 0 Å². The molecule has 1 aromatic carbocycles. The van der Waals surface area contributed by atoms with Gasteiger partial charge in [-0.2, -0.15) is 0 Å². The molecule has 16 heavy (non-hydrogen) atoms. The summed E-state index contributed by atoms with van der Waals surface area (Å²) < 4.78 is 7.15. The van der Waals surface area contributed by atoms with Crippen molar-refractivity contribution in [1.82, 2.24) is 0 Å². The van der Waals surface area contributed by atoms with Crippen molar-refractivity contribution in [3.63, 3.8) is 0 Å². The summed E-state index contributed by atoms with van der Waals surface area (Å²) in [6.07, 6.45) is 4.73. The van der Waals surface area contributed by atoms with Crippen molar-refractivity contribution >= 4 is 27.5 Å². The van der Waals surface area contributed by atoms with Crippen molar-refractivity contribution in [2.45, 2.75) is 38.2 Å². The molecule has 0 unspecified atom stereocenters. The Morgan fingerprint density at radius 1 is 1.31 bits per heavy atom. The zero-order chi connectivity index (χ0) is 11.2. The van der Waals surface area contributed by atoms with E-state index in [9.17, 15) is 0 Å². The fourth-order valence-corrected chi connectivity index (χ4v) is 3.18. The van der Waals surface area contributed by atoms with Crippen LogP contribution in [0.15, 0.2) is 27.7 Å². The molecule has 0 aromatic heterocycles. The SMILES string of the molecule is CC1=Nc2ccc(Br)cc2C2(CCCC2)O1. The van der Waals surface area contributed by atoms with Gasteiger partial charge in [-0.1, -0.05) is 15.9 Å². The third-order valence-electron chi connectivity index (χ3n) is 3.48. The Bertz CT molecular complexity index is 461. The summed E-state index contributed by atoms with van der Waals surface area (Å²) in [4.78, 5) is 4.48. The predicted molar refractivity (Wildman–Crippen MR) is 68.1 cm³/mol. The van der Waals surface area contributed by atoms with E-state index in [1.54, 1.807) is 0 Å². The fraction of sp³-hybridized carbons (Fsp3) is 0.462. The lowest BCUT2D eigenvalue weighted by atomic mass is 9.89. The van der Waals surface area contributed by atoms with E-state index in [0.717, 1.165) is 28.9 Å². The molecule has 0 bridgehead atoms. The molecule has 2 nitrogen and oxygen atoms in total. The first-order chi connectivity index (χ1) is 7.70. The highest BCUT2D eigenvalue weighted by Gasteiger charge is 2.42. The maximum atomic E-state index is 6.05. The highest BCUT2D eigenvalue weighted by molar-refractivity contribution is 9.10. The zero-order valence-electron chi connectivity index (χ0n) is 9.29. The monoisotopic (exact) mass is 279 g/mol. The first kappa shape index (κ1) is 10.3. The normalized spacial score (nSPS) is 21.5. The summed E-state index contributed by atoms with van der Waals surface area (Å²) >= 11 is 3.53. The quantitative estimate of drug-likeness (QED) is 0.694. The molecule has 84 valence electrons. The smallest absolute Gasteiger partial charge is 0.186 e. The molecule has 1 heterocycles. The second-order valence-electron chi connectivity index (χ2n) is 4.60. The molecule has 3 rings (SSSR count). The lowest BCUT2D eigenvalue weighted by molar-refractivity contribution is 0.0554. The fourth-order valence-electron chi connectivity index (χ4n) is 2.82. The maximum Gasteiger partial charge on any atom is 0.186 e. The Labute approximate surface area is 104 Å². The third-order valence-corrected chi connectivity index (χ3v) is 3.97. The van der Waals surface area contributed by atoms with E-state index in [4.69, 9.17) is 4.74 Å². The number of ether oxygens (including phenoxy) is 1. The Hall–Kier alpha value is -0.830. The van der Waals surface area contributed by atoms with Gasteiger partial charge in [0.1, 0.15) is 5.60 Å². The predicted octanol–water partition coefficient (Wildman–Crippen LogP) is 4.30. The molecule has 0 N–H and O–H groups in total. The van der Waals surface area contributed by atoms with E-state index in [1.165, 1.54) is 18.4 Å². The van der Waals surface area contributed by atoms with Crippen molar-refractivity contribution in [2.24, 2.45) is 4.99 Å². The minimum Gasteiger partial charge on any atom is -0.470 e. The van der Waals surface area contributed by atoms with Crippen LogP contribution in [-0.2, 0) is 10.3 Å². The standard InChI is InChI=1S/C13H14BrNO/c1-9-15-12-5-4-10(14)8-11(12)13(16-9)6-2-3-7-13/h4-5,8H,2-3,6-7H2,1H3. The van der Waals surface area contributed by atoms with Gasteiger partial charge in [0.25, 0.3) is 0 Å². The van der Waals surface area contributed by atoms with E-state index < -0.39 is 0 Å². The molecule has 0 radical (unpaired) electrons. The lowest BCUT2D eigenvalue weighted by Crippen LogP contribution is -2.31.